The molecule has 1 amide bonds. The van der Waals surface area contributed by atoms with E-state index in [0.29, 0.717) is 5.56 Å². The maximum Gasteiger partial charge on any atom is 0.235 e. The summed E-state index contributed by atoms with van der Waals surface area (Å²) in [7, 11) is 0. The van der Waals surface area contributed by atoms with E-state index in [0.717, 1.165) is 0 Å². The van der Waals surface area contributed by atoms with Crippen LogP contribution in [0.25, 0.3) is 0 Å². The Morgan fingerprint density at radius 2 is 2.21 bits per heavy atom. The molecule has 5 heteroatoms. The fourth-order valence-electron chi connectivity index (χ4n) is 0.974. The summed E-state index contributed by atoms with van der Waals surface area (Å²) in [6, 6.07) is 4.16. The molecule has 2 N–H and O–H groups in total. The van der Waals surface area contributed by atoms with Crippen LogP contribution >= 0.6 is 23.2 Å². The van der Waals surface area contributed by atoms with E-state index >= 15 is 0 Å². The van der Waals surface area contributed by atoms with Gasteiger partial charge >= 0.3 is 0 Å². The third-order valence-electron chi connectivity index (χ3n) is 1.71. The van der Waals surface area contributed by atoms with E-state index in [1.807, 2.05) is 0 Å². The average Bonchev–Trinajstić information content (AvgIpc) is 2.11. The fraction of sp³-hybridized carbons (Fsp3) is 0.222. The van der Waals surface area contributed by atoms with Gasteiger partial charge in [0.2, 0.25) is 5.91 Å². The van der Waals surface area contributed by atoms with Gasteiger partial charge in [-0.05, 0) is 24.1 Å². The lowest BCUT2D eigenvalue weighted by Crippen LogP contribution is -2.25. The van der Waals surface area contributed by atoms with Crippen molar-refractivity contribution in [3.05, 3.63) is 34.6 Å². The van der Waals surface area contributed by atoms with E-state index in [9.17, 15) is 9.18 Å². The Labute approximate surface area is 90.8 Å². The Hall–Kier alpha value is -0.800. The first-order valence-corrected chi connectivity index (χ1v) is 4.69. The molecule has 1 aromatic carbocycles. The second-order valence-corrected chi connectivity index (χ2v) is 3.76. The highest BCUT2D eigenvalue weighted by Gasteiger charge is 2.12. The normalized spacial score (nSPS) is 12.5. The number of alkyl halides is 1. The van der Waals surface area contributed by atoms with Gasteiger partial charge in [-0.15, -0.1) is 11.6 Å². The van der Waals surface area contributed by atoms with Gasteiger partial charge in [-0.3, -0.25) is 4.79 Å². The highest BCUT2D eigenvalue weighted by Crippen LogP contribution is 2.18. The molecular formula is C9H8Cl2FNO. The molecule has 1 atom stereocenters. The van der Waals surface area contributed by atoms with Gasteiger partial charge in [0.05, 0.1) is 5.02 Å². The van der Waals surface area contributed by atoms with Crippen LogP contribution in [-0.4, -0.2) is 11.3 Å². The largest absolute Gasteiger partial charge is 0.368 e. The van der Waals surface area contributed by atoms with Gasteiger partial charge in [-0.1, -0.05) is 17.7 Å². The molecule has 0 aliphatic carbocycles. The maximum atomic E-state index is 12.7. The van der Waals surface area contributed by atoms with Gasteiger partial charge in [-0.25, -0.2) is 4.39 Å². The number of nitrogens with two attached hydrogens (primary N) is 1. The van der Waals surface area contributed by atoms with Gasteiger partial charge in [0.15, 0.2) is 0 Å². The molecule has 0 aromatic heterocycles. The van der Waals surface area contributed by atoms with Crippen molar-refractivity contribution in [1.82, 2.24) is 0 Å². The van der Waals surface area contributed by atoms with Crippen molar-refractivity contribution in [1.29, 1.82) is 0 Å². The van der Waals surface area contributed by atoms with E-state index < -0.39 is 17.1 Å². The summed E-state index contributed by atoms with van der Waals surface area (Å²) in [4.78, 5) is 10.6. The molecule has 0 aliphatic rings. The number of carbonyl (C=O) groups excluding carboxylic acids is 1. The van der Waals surface area contributed by atoms with E-state index in [-0.39, 0.29) is 11.4 Å². The third kappa shape index (κ3) is 2.86. The molecule has 0 saturated heterocycles. The summed E-state index contributed by atoms with van der Waals surface area (Å²) >= 11 is 11.2. The van der Waals surface area contributed by atoms with Crippen LogP contribution < -0.4 is 5.73 Å². The maximum absolute atomic E-state index is 12.7. The highest BCUT2D eigenvalue weighted by molar-refractivity contribution is 6.31. The average molecular weight is 236 g/mol. The molecule has 0 spiro atoms. The molecule has 0 heterocycles. The van der Waals surface area contributed by atoms with Crippen molar-refractivity contribution in [2.24, 2.45) is 5.73 Å². The summed E-state index contributed by atoms with van der Waals surface area (Å²) in [5, 5.41) is -0.785. The standard InChI is InChI=1S/C9H8Cl2FNO/c10-6-3-5(1-2-8(6)12)4-7(11)9(13)14/h1-3,7H,4H2,(H2,13,14). The van der Waals surface area contributed by atoms with Crippen LogP contribution in [0.3, 0.4) is 0 Å². The first-order valence-electron chi connectivity index (χ1n) is 3.88. The number of benzene rings is 1. The highest BCUT2D eigenvalue weighted by atomic mass is 35.5. The second kappa shape index (κ2) is 4.62. The van der Waals surface area contributed by atoms with Crippen LogP contribution in [0.4, 0.5) is 4.39 Å². The Kier molecular flexibility index (Phi) is 3.72. The van der Waals surface area contributed by atoms with E-state index in [2.05, 4.69) is 0 Å². The molecule has 14 heavy (non-hydrogen) atoms. The van der Waals surface area contributed by atoms with Crippen molar-refractivity contribution < 1.29 is 9.18 Å². The number of amides is 1. The molecule has 0 bridgehead atoms. The summed E-state index contributed by atoms with van der Waals surface area (Å²) in [6.45, 7) is 0. The second-order valence-electron chi connectivity index (χ2n) is 2.82. The number of hydrogen-bond donors (Lipinski definition) is 1. The summed E-state index contributed by atoms with van der Waals surface area (Å²) in [5.74, 6) is -1.10. The zero-order chi connectivity index (χ0) is 10.7. The predicted octanol–water partition coefficient (Wildman–Crippen LogP) is 2.11. The summed E-state index contributed by atoms with van der Waals surface area (Å²) < 4.78 is 12.7. The van der Waals surface area contributed by atoms with Gasteiger partial charge < -0.3 is 5.73 Å². The zero-order valence-corrected chi connectivity index (χ0v) is 8.65. The SMILES string of the molecule is NC(=O)C(Cl)Cc1ccc(F)c(Cl)c1. The Bertz CT molecular complexity index is 357. The van der Waals surface area contributed by atoms with Crippen LogP contribution in [0.5, 0.6) is 0 Å². The summed E-state index contributed by atoms with van der Waals surface area (Å²) in [6.07, 6.45) is 0.247. The Morgan fingerprint density at radius 3 is 2.71 bits per heavy atom. The molecule has 0 aliphatic heterocycles. The topological polar surface area (TPSA) is 43.1 Å². The fourth-order valence-corrected chi connectivity index (χ4v) is 1.36. The lowest BCUT2D eigenvalue weighted by Gasteiger charge is -2.05. The molecule has 2 nitrogen and oxygen atoms in total. The molecule has 0 fully saturated rings. The first kappa shape index (κ1) is 11.3. The third-order valence-corrected chi connectivity index (χ3v) is 2.37. The minimum Gasteiger partial charge on any atom is -0.368 e. The van der Waals surface area contributed by atoms with Gasteiger partial charge in [-0.2, -0.15) is 0 Å². The van der Waals surface area contributed by atoms with Crippen molar-refractivity contribution in [2.75, 3.05) is 0 Å². The number of carbonyl (C=O) groups is 1. The number of primary amides is 1. The molecule has 1 rings (SSSR count). The van der Waals surface area contributed by atoms with Crippen LogP contribution in [-0.2, 0) is 11.2 Å². The first-order chi connectivity index (χ1) is 6.50. The van der Waals surface area contributed by atoms with E-state index in [4.69, 9.17) is 28.9 Å². The molecule has 1 aromatic rings. The number of rotatable bonds is 3. The molecule has 0 saturated carbocycles. The van der Waals surface area contributed by atoms with Crippen LogP contribution in [0.1, 0.15) is 5.56 Å². The van der Waals surface area contributed by atoms with Crippen molar-refractivity contribution in [3.63, 3.8) is 0 Å². The smallest absolute Gasteiger partial charge is 0.235 e. The Balaban J connectivity index is 2.78. The van der Waals surface area contributed by atoms with Crippen molar-refractivity contribution >= 4 is 29.1 Å². The Morgan fingerprint density at radius 1 is 1.57 bits per heavy atom. The van der Waals surface area contributed by atoms with E-state index in [1.165, 1.54) is 18.2 Å². The van der Waals surface area contributed by atoms with Gasteiger partial charge in [0.25, 0.3) is 0 Å². The molecule has 0 radical (unpaired) electrons. The summed E-state index contributed by atoms with van der Waals surface area (Å²) in [5.41, 5.74) is 5.65. The lowest BCUT2D eigenvalue weighted by atomic mass is 10.1. The van der Waals surface area contributed by atoms with Crippen LogP contribution in [0, 0.1) is 5.82 Å². The monoisotopic (exact) mass is 235 g/mol. The quantitative estimate of drug-likeness (QED) is 0.802. The van der Waals surface area contributed by atoms with Crippen molar-refractivity contribution in [2.45, 2.75) is 11.8 Å². The van der Waals surface area contributed by atoms with Gasteiger partial charge in [0, 0.05) is 0 Å². The predicted molar refractivity (Wildman–Crippen MR) is 53.9 cm³/mol. The van der Waals surface area contributed by atoms with Crippen LogP contribution in [0.2, 0.25) is 5.02 Å². The van der Waals surface area contributed by atoms with Crippen LogP contribution in [0.15, 0.2) is 18.2 Å². The lowest BCUT2D eigenvalue weighted by molar-refractivity contribution is -0.117. The number of halogens is 3. The molecule has 1 unspecified atom stereocenters. The minimum atomic E-state index is -0.795. The van der Waals surface area contributed by atoms with E-state index in [1.54, 1.807) is 0 Å². The minimum absolute atomic E-state index is 0.0100. The molecule has 76 valence electrons. The number of hydrogen-bond acceptors (Lipinski definition) is 1. The van der Waals surface area contributed by atoms with Gasteiger partial charge in [0.1, 0.15) is 11.2 Å². The van der Waals surface area contributed by atoms with Crippen molar-refractivity contribution in [3.8, 4) is 0 Å². The molecular weight excluding hydrogens is 228 g/mol. The zero-order valence-electron chi connectivity index (χ0n) is 7.14.